The van der Waals surface area contributed by atoms with E-state index in [4.69, 9.17) is 10.5 Å². The molecule has 2 N–H and O–H groups in total. The van der Waals surface area contributed by atoms with Crippen molar-refractivity contribution in [3.63, 3.8) is 0 Å². The lowest BCUT2D eigenvalue weighted by molar-refractivity contribution is 0.0804. The molecule has 0 fully saturated rings. The van der Waals surface area contributed by atoms with Gasteiger partial charge < -0.3 is 10.5 Å². The zero-order valence-corrected chi connectivity index (χ0v) is 11.7. The van der Waals surface area contributed by atoms with Gasteiger partial charge in [-0.2, -0.15) is 5.10 Å². The van der Waals surface area contributed by atoms with Crippen LogP contribution in [0.5, 0.6) is 5.75 Å². The van der Waals surface area contributed by atoms with Crippen LogP contribution in [0.4, 0.5) is 0 Å². The largest absolute Gasteiger partial charge is 0.493 e. The van der Waals surface area contributed by atoms with Crippen LogP contribution in [-0.2, 0) is 6.54 Å². The number of hydrogen-bond donors (Lipinski definition) is 1. The van der Waals surface area contributed by atoms with E-state index in [0.717, 1.165) is 6.42 Å². The topological polar surface area (TPSA) is 70.1 Å². The number of hydrogen-bond acceptors (Lipinski definition) is 4. The molecule has 0 aromatic carbocycles. The van der Waals surface area contributed by atoms with Gasteiger partial charge in [-0.1, -0.05) is 20.8 Å². The van der Waals surface area contributed by atoms with E-state index in [1.54, 1.807) is 18.0 Å². The highest BCUT2D eigenvalue weighted by Gasteiger charge is 2.35. The Kier molecular flexibility index (Phi) is 4.90. The molecule has 1 rings (SSSR count). The predicted molar refractivity (Wildman–Crippen MR) is 70.9 cm³/mol. The van der Waals surface area contributed by atoms with Gasteiger partial charge in [0, 0.05) is 18.5 Å². The fourth-order valence-corrected chi connectivity index (χ4v) is 1.81. The Labute approximate surface area is 108 Å². The molecule has 0 saturated carbocycles. The molecule has 0 aliphatic heterocycles. The van der Waals surface area contributed by atoms with Gasteiger partial charge in [-0.05, 0) is 12.8 Å². The molecule has 0 aliphatic carbocycles. The van der Waals surface area contributed by atoms with Crippen LogP contribution in [0.15, 0.2) is 6.20 Å². The lowest BCUT2D eigenvalue weighted by Gasteiger charge is -2.25. The summed E-state index contributed by atoms with van der Waals surface area (Å²) in [6, 6.07) is 0. The predicted octanol–water partition coefficient (Wildman–Crippen LogP) is 1.86. The van der Waals surface area contributed by atoms with E-state index >= 15 is 0 Å². The Bertz CT molecular complexity index is 408. The molecule has 0 saturated heterocycles. The van der Waals surface area contributed by atoms with Crippen molar-refractivity contribution in [1.82, 2.24) is 9.78 Å². The monoisotopic (exact) mass is 253 g/mol. The molecular weight excluding hydrogens is 230 g/mol. The minimum Gasteiger partial charge on any atom is -0.493 e. The Balaban J connectivity index is 3.21. The summed E-state index contributed by atoms with van der Waals surface area (Å²) in [6.45, 7) is 6.93. The summed E-state index contributed by atoms with van der Waals surface area (Å²) in [6.07, 6.45) is 3.20. The van der Waals surface area contributed by atoms with Crippen molar-refractivity contribution >= 4 is 5.78 Å². The molecule has 1 aromatic heterocycles. The third kappa shape index (κ3) is 2.56. The Morgan fingerprint density at radius 3 is 2.67 bits per heavy atom. The number of ether oxygens (including phenoxy) is 1. The van der Waals surface area contributed by atoms with Crippen molar-refractivity contribution < 1.29 is 9.53 Å². The van der Waals surface area contributed by atoms with Crippen LogP contribution in [0.1, 0.15) is 44.1 Å². The summed E-state index contributed by atoms with van der Waals surface area (Å²) in [7, 11) is 1.55. The molecular formula is C13H23N3O2. The zero-order chi connectivity index (χ0) is 13.8. The van der Waals surface area contributed by atoms with Crippen LogP contribution >= 0.6 is 0 Å². The fraction of sp³-hybridized carbons (Fsp3) is 0.692. The van der Waals surface area contributed by atoms with Gasteiger partial charge in [0.1, 0.15) is 5.69 Å². The Morgan fingerprint density at radius 2 is 2.22 bits per heavy atom. The summed E-state index contributed by atoms with van der Waals surface area (Å²) >= 11 is 0. The van der Waals surface area contributed by atoms with E-state index in [1.807, 2.05) is 20.8 Å². The lowest BCUT2D eigenvalue weighted by Crippen LogP contribution is -2.36. The molecule has 0 spiro atoms. The van der Waals surface area contributed by atoms with Crippen molar-refractivity contribution in [2.75, 3.05) is 13.7 Å². The number of nitrogens with two attached hydrogens (primary N) is 1. The number of carbonyl (C=O) groups excluding carboxylic acids is 1. The maximum Gasteiger partial charge on any atom is 0.191 e. The van der Waals surface area contributed by atoms with Gasteiger partial charge in [-0.3, -0.25) is 9.48 Å². The van der Waals surface area contributed by atoms with Crippen LogP contribution in [0.25, 0.3) is 0 Å². The standard InChI is InChI=1S/C13H23N3O2/c1-5-7-16-11(10(18-4)8-15-16)12(17)13(3,6-2)9-14/h8H,5-7,9,14H2,1-4H3. The van der Waals surface area contributed by atoms with Crippen molar-refractivity contribution in [2.24, 2.45) is 11.1 Å². The van der Waals surface area contributed by atoms with Gasteiger partial charge in [-0.15, -0.1) is 0 Å². The van der Waals surface area contributed by atoms with Crippen molar-refractivity contribution in [2.45, 2.75) is 40.2 Å². The van der Waals surface area contributed by atoms with E-state index in [-0.39, 0.29) is 5.78 Å². The minimum atomic E-state index is -0.557. The number of aryl methyl sites for hydroxylation is 1. The first kappa shape index (κ1) is 14.7. The molecule has 0 radical (unpaired) electrons. The number of Topliss-reactive ketones (excluding diaryl/α,β-unsaturated/α-hetero) is 1. The first-order valence-electron chi connectivity index (χ1n) is 6.38. The highest BCUT2D eigenvalue weighted by molar-refractivity contribution is 6.01. The van der Waals surface area contributed by atoms with Crippen LogP contribution in [-0.4, -0.2) is 29.2 Å². The quantitative estimate of drug-likeness (QED) is 0.753. The highest BCUT2D eigenvalue weighted by atomic mass is 16.5. The summed E-state index contributed by atoms with van der Waals surface area (Å²) in [5.41, 5.74) is 5.73. The smallest absolute Gasteiger partial charge is 0.191 e. The maximum absolute atomic E-state index is 12.6. The van der Waals surface area contributed by atoms with Crippen LogP contribution in [0.3, 0.4) is 0 Å². The normalized spacial score (nSPS) is 14.3. The fourth-order valence-electron chi connectivity index (χ4n) is 1.81. The molecule has 102 valence electrons. The van der Waals surface area contributed by atoms with E-state index in [9.17, 15) is 4.79 Å². The first-order valence-corrected chi connectivity index (χ1v) is 6.38. The minimum absolute atomic E-state index is 0.00954. The zero-order valence-electron chi connectivity index (χ0n) is 11.7. The van der Waals surface area contributed by atoms with Gasteiger partial charge in [0.05, 0.1) is 13.3 Å². The second kappa shape index (κ2) is 6.00. The van der Waals surface area contributed by atoms with Gasteiger partial charge >= 0.3 is 0 Å². The summed E-state index contributed by atoms with van der Waals surface area (Å²) < 4.78 is 6.95. The van der Waals surface area contributed by atoms with E-state index < -0.39 is 5.41 Å². The van der Waals surface area contributed by atoms with E-state index in [2.05, 4.69) is 5.10 Å². The molecule has 5 heteroatoms. The molecule has 1 heterocycles. The average molecular weight is 253 g/mol. The number of carbonyl (C=O) groups is 1. The number of nitrogens with zero attached hydrogens (tertiary/aromatic N) is 2. The van der Waals surface area contributed by atoms with Crippen LogP contribution in [0.2, 0.25) is 0 Å². The van der Waals surface area contributed by atoms with Gasteiger partial charge in [0.15, 0.2) is 11.5 Å². The lowest BCUT2D eigenvalue weighted by atomic mass is 9.81. The number of aromatic nitrogens is 2. The van der Waals surface area contributed by atoms with E-state index in [1.165, 1.54) is 0 Å². The third-order valence-corrected chi connectivity index (χ3v) is 3.46. The van der Waals surface area contributed by atoms with Crippen LogP contribution in [0, 0.1) is 5.41 Å². The number of ketones is 1. The highest BCUT2D eigenvalue weighted by Crippen LogP contribution is 2.30. The van der Waals surface area contributed by atoms with Gasteiger partial charge in [0.2, 0.25) is 0 Å². The van der Waals surface area contributed by atoms with E-state index in [0.29, 0.717) is 31.0 Å². The molecule has 5 nitrogen and oxygen atoms in total. The van der Waals surface area contributed by atoms with Gasteiger partial charge in [-0.25, -0.2) is 0 Å². The molecule has 0 amide bonds. The SMILES string of the molecule is CCCn1ncc(OC)c1C(=O)C(C)(CC)CN. The molecule has 1 unspecified atom stereocenters. The summed E-state index contributed by atoms with van der Waals surface area (Å²) in [5.74, 6) is 0.539. The molecule has 1 aromatic rings. The van der Waals surface area contributed by atoms with Crippen molar-refractivity contribution in [3.05, 3.63) is 11.9 Å². The Hall–Kier alpha value is -1.36. The summed E-state index contributed by atoms with van der Waals surface area (Å²) in [5, 5.41) is 4.21. The molecule has 0 aliphatic rings. The average Bonchev–Trinajstić information content (AvgIpc) is 2.80. The third-order valence-electron chi connectivity index (χ3n) is 3.46. The van der Waals surface area contributed by atoms with Gasteiger partial charge in [0.25, 0.3) is 0 Å². The number of methoxy groups -OCH3 is 1. The molecule has 1 atom stereocenters. The van der Waals surface area contributed by atoms with Crippen LogP contribution < -0.4 is 10.5 Å². The van der Waals surface area contributed by atoms with Crippen molar-refractivity contribution in [1.29, 1.82) is 0 Å². The molecule has 18 heavy (non-hydrogen) atoms. The number of rotatable bonds is 7. The Morgan fingerprint density at radius 1 is 1.56 bits per heavy atom. The first-order chi connectivity index (χ1) is 8.53. The summed E-state index contributed by atoms with van der Waals surface area (Å²) in [4.78, 5) is 12.6. The second-order valence-electron chi connectivity index (χ2n) is 4.73. The molecule has 0 bridgehead atoms. The van der Waals surface area contributed by atoms with Crippen molar-refractivity contribution in [3.8, 4) is 5.75 Å². The second-order valence-corrected chi connectivity index (χ2v) is 4.73. The maximum atomic E-state index is 12.6.